The summed E-state index contributed by atoms with van der Waals surface area (Å²) in [6, 6.07) is 6.41. The molecule has 0 fully saturated rings. The van der Waals surface area contributed by atoms with E-state index >= 15 is 0 Å². The van der Waals surface area contributed by atoms with Gasteiger partial charge in [0.05, 0.1) is 0 Å². The van der Waals surface area contributed by atoms with Crippen LogP contribution in [-0.2, 0) is 4.79 Å². The van der Waals surface area contributed by atoms with E-state index in [-0.39, 0.29) is 11.5 Å². The molecule has 0 saturated carbocycles. The molecule has 0 aliphatic rings. The van der Waals surface area contributed by atoms with Crippen LogP contribution in [0.25, 0.3) is 0 Å². The van der Waals surface area contributed by atoms with Gasteiger partial charge < -0.3 is 9.84 Å². The van der Waals surface area contributed by atoms with Crippen LogP contribution in [0.2, 0.25) is 0 Å². The standard InChI is InChI=1S/C14H18N2O3/c1-3-4-9-16(10-15)14(18)11(2)19-13-8-6-5-7-12(13)17/h5-8,11,17H,3-4,9H2,1-2H3. The first-order valence-electron chi connectivity index (χ1n) is 6.26. The molecule has 0 aromatic heterocycles. The summed E-state index contributed by atoms with van der Waals surface area (Å²) in [7, 11) is 0. The highest BCUT2D eigenvalue weighted by molar-refractivity contribution is 5.82. The summed E-state index contributed by atoms with van der Waals surface area (Å²) in [6.45, 7) is 3.94. The molecule has 0 saturated heterocycles. The van der Waals surface area contributed by atoms with Gasteiger partial charge in [-0.2, -0.15) is 5.26 Å². The maximum Gasteiger partial charge on any atom is 0.276 e. The van der Waals surface area contributed by atoms with E-state index < -0.39 is 12.0 Å². The zero-order valence-corrected chi connectivity index (χ0v) is 11.2. The molecule has 19 heavy (non-hydrogen) atoms. The second kappa shape index (κ2) is 7.27. The Balaban J connectivity index is 2.67. The minimum Gasteiger partial charge on any atom is -0.504 e. The molecule has 1 rings (SSSR count). The second-order valence-corrected chi connectivity index (χ2v) is 4.17. The largest absolute Gasteiger partial charge is 0.504 e. The fourth-order valence-electron chi connectivity index (χ4n) is 1.54. The summed E-state index contributed by atoms with van der Waals surface area (Å²) < 4.78 is 5.38. The Morgan fingerprint density at radius 2 is 2.21 bits per heavy atom. The third-order valence-electron chi connectivity index (χ3n) is 2.64. The summed E-state index contributed by atoms with van der Waals surface area (Å²) in [5.41, 5.74) is 0. The van der Waals surface area contributed by atoms with Crippen LogP contribution in [0.1, 0.15) is 26.7 Å². The number of phenolic OH excluding ortho intramolecular Hbond substituents is 1. The molecule has 0 bridgehead atoms. The molecule has 1 amide bonds. The smallest absolute Gasteiger partial charge is 0.276 e. The van der Waals surface area contributed by atoms with E-state index in [0.29, 0.717) is 6.54 Å². The van der Waals surface area contributed by atoms with Crippen LogP contribution in [0.4, 0.5) is 0 Å². The van der Waals surface area contributed by atoms with E-state index in [0.717, 1.165) is 17.7 Å². The van der Waals surface area contributed by atoms with Crippen LogP contribution in [-0.4, -0.2) is 28.6 Å². The van der Waals surface area contributed by atoms with Gasteiger partial charge in [0, 0.05) is 6.54 Å². The van der Waals surface area contributed by atoms with Crippen LogP contribution >= 0.6 is 0 Å². The number of ether oxygens (including phenoxy) is 1. The molecule has 1 atom stereocenters. The molecule has 0 spiro atoms. The normalized spacial score (nSPS) is 11.4. The second-order valence-electron chi connectivity index (χ2n) is 4.17. The van der Waals surface area contributed by atoms with Crippen molar-refractivity contribution in [2.75, 3.05) is 6.54 Å². The highest BCUT2D eigenvalue weighted by Gasteiger charge is 2.22. The first-order valence-corrected chi connectivity index (χ1v) is 6.26. The van der Waals surface area contributed by atoms with Crippen molar-refractivity contribution < 1.29 is 14.6 Å². The van der Waals surface area contributed by atoms with Gasteiger partial charge in [-0.15, -0.1) is 0 Å². The predicted molar refractivity (Wildman–Crippen MR) is 70.4 cm³/mol. The Kier molecular flexibility index (Phi) is 5.68. The molecular formula is C14H18N2O3. The van der Waals surface area contributed by atoms with Crippen LogP contribution in [0.5, 0.6) is 11.5 Å². The van der Waals surface area contributed by atoms with E-state index in [4.69, 9.17) is 10.00 Å². The third-order valence-corrected chi connectivity index (χ3v) is 2.64. The summed E-state index contributed by atoms with van der Waals surface area (Å²) in [5.74, 6) is -0.199. The van der Waals surface area contributed by atoms with Gasteiger partial charge in [0.2, 0.25) is 0 Å². The van der Waals surface area contributed by atoms with Crippen LogP contribution < -0.4 is 4.74 Å². The molecule has 5 nitrogen and oxygen atoms in total. The van der Waals surface area contributed by atoms with E-state index in [1.807, 2.05) is 13.1 Å². The number of nitriles is 1. The van der Waals surface area contributed by atoms with Crippen LogP contribution in [0.3, 0.4) is 0 Å². The van der Waals surface area contributed by atoms with Gasteiger partial charge in [-0.1, -0.05) is 25.5 Å². The first kappa shape index (κ1) is 14.8. The number of carbonyl (C=O) groups excluding carboxylic acids is 1. The van der Waals surface area contributed by atoms with Crippen molar-refractivity contribution in [2.24, 2.45) is 0 Å². The monoisotopic (exact) mass is 262 g/mol. The third kappa shape index (κ3) is 4.18. The predicted octanol–water partition coefficient (Wildman–Crippen LogP) is 2.27. The Hall–Kier alpha value is -2.22. The zero-order valence-electron chi connectivity index (χ0n) is 11.2. The molecule has 5 heteroatoms. The lowest BCUT2D eigenvalue weighted by Gasteiger charge is -2.19. The summed E-state index contributed by atoms with van der Waals surface area (Å²) >= 11 is 0. The van der Waals surface area contributed by atoms with E-state index in [2.05, 4.69) is 0 Å². The Bertz CT molecular complexity index is 468. The Labute approximate surface area is 113 Å². The van der Waals surface area contributed by atoms with Crippen LogP contribution in [0.15, 0.2) is 24.3 Å². The Morgan fingerprint density at radius 3 is 2.79 bits per heavy atom. The fraction of sp³-hybridized carbons (Fsp3) is 0.429. The number of para-hydroxylation sites is 2. The number of phenols is 1. The van der Waals surface area contributed by atoms with Crippen molar-refractivity contribution in [3.63, 3.8) is 0 Å². The van der Waals surface area contributed by atoms with Gasteiger partial charge in [-0.05, 0) is 25.5 Å². The number of hydrogen-bond donors (Lipinski definition) is 1. The molecule has 1 N–H and O–H groups in total. The van der Waals surface area contributed by atoms with Gasteiger partial charge in [-0.3, -0.25) is 4.79 Å². The number of rotatable bonds is 6. The van der Waals surface area contributed by atoms with Crippen molar-refractivity contribution >= 4 is 5.91 Å². The molecular weight excluding hydrogens is 244 g/mol. The zero-order chi connectivity index (χ0) is 14.3. The van der Waals surface area contributed by atoms with Crippen molar-refractivity contribution in [3.8, 4) is 17.7 Å². The minimum absolute atomic E-state index is 0.0285. The van der Waals surface area contributed by atoms with Gasteiger partial charge >= 0.3 is 0 Å². The van der Waals surface area contributed by atoms with E-state index in [9.17, 15) is 9.90 Å². The van der Waals surface area contributed by atoms with E-state index in [1.54, 1.807) is 25.1 Å². The highest BCUT2D eigenvalue weighted by Crippen LogP contribution is 2.25. The maximum absolute atomic E-state index is 12.0. The van der Waals surface area contributed by atoms with Crippen molar-refractivity contribution in [1.82, 2.24) is 4.90 Å². The summed E-state index contributed by atoms with van der Waals surface area (Å²) in [5, 5.41) is 18.5. The SMILES string of the molecule is CCCCN(C#N)C(=O)C(C)Oc1ccccc1O. The number of nitrogens with zero attached hydrogens (tertiary/aromatic N) is 2. The summed E-state index contributed by atoms with van der Waals surface area (Å²) in [6.07, 6.45) is 2.71. The first-order chi connectivity index (χ1) is 9.10. The van der Waals surface area contributed by atoms with Gasteiger partial charge in [0.25, 0.3) is 5.91 Å². The van der Waals surface area contributed by atoms with Crippen molar-refractivity contribution in [1.29, 1.82) is 5.26 Å². The minimum atomic E-state index is -0.815. The Morgan fingerprint density at radius 1 is 1.53 bits per heavy atom. The molecule has 0 heterocycles. The van der Waals surface area contributed by atoms with Gasteiger partial charge in [0.15, 0.2) is 23.8 Å². The fourth-order valence-corrected chi connectivity index (χ4v) is 1.54. The number of aromatic hydroxyl groups is 1. The topological polar surface area (TPSA) is 73.6 Å². The lowest BCUT2D eigenvalue weighted by atomic mass is 10.2. The number of carbonyl (C=O) groups is 1. The van der Waals surface area contributed by atoms with Crippen molar-refractivity contribution in [2.45, 2.75) is 32.8 Å². The average molecular weight is 262 g/mol. The molecule has 0 radical (unpaired) electrons. The molecule has 102 valence electrons. The highest BCUT2D eigenvalue weighted by atomic mass is 16.5. The quantitative estimate of drug-likeness (QED) is 0.630. The summed E-state index contributed by atoms with van der Waals surface area (Å²) in [4.78, 5) is 13.1. The number of unbranched alkanes of at least 4 members (excludes halogenated alkanes) is 1. The van der Waals surface area contributed by atoms with Gasteiger partial charge in [0.1, 0.15) is 0 Å². The molecule has 1 unspecified atom stereocenters. The number of hydrogen-bond acceptors (Lipinski definition) is 4. The van der Waals surface area contributed by atoms with Crippen molar-refractivity contribution in [3.05, 3.63) is 24.3 Å². The molecule has 1 aromatic rings. The molecule has 1 aromatic carbocycles. The lowest BCUT2D eigenvalue weighted by molar-refractivity contribution is -0.134. The van der Waals surface area contributed by atoms with Gasteiger partial charge in [-0.25, -0.2) is 4.90 Å². The lowest BCUT2D eigenvalue weighted by Crippen LogP contribution is -2.38. The number of benzene rings is 1. The van der Waals surface area contributed by atoms with Crippen LogP contribution in [0, 0.1) is 11.5 Å². The maximum atomic E-state index is 12.0. The molecule has 0 aliphatic carbocycles. The number of amides is 1. The molecule has 0 aliphatic heterocycles. The van der Waals surface area contributed by atoms with E-state index in [1.165, 1.54) is 6.07 Å². The average Bonchev–Trinajstić information content (AvgIpc) is 2.42.